The highest BCUT2D eigenvalue weighted by Gasteiger charge is 2.58. The van der Waals surface area contributed by atoms with E-state index in [1.807, 2.05) is 4.98 Å². The van der Waals surface area contributed by atoms with Crippen LogP contribution >= 0.6 is 0 Å². The molecule has 0 aromatic carbocycles. The van der Waals surface area contributed by atoms with Crippen molar-refractivity contribution in [3.63, 3.8) is 0 Å². The van der Waals surface area contributed by atoms with E-state index in [9.17, 15) is 24.6 Å². The molecule has 0 radical (unpaired) electrons. The van der Waals surface area contributed by atoms with Crippen molar-refractivity contribution in [3.8, 4) is 0 Å². The highest BCUT2D eigenvalue weighted by atomic mass is 16.6. The second-order valence-corrected chi connectivity index (χ2v) is 5.06. The maximum absolute atomic E-state index is 12.1. The van der Waals surface area contributed by atoms with Crippen LogP contribution < -0.4 is 11.2 Å². The van der Waals surface area contributed by atoms with Crippen molar-refractivity contribution in [1.29, 1.82) is 0 Å². The molecule has 0 saturated carbocycles. The van der Waals surface area contributed by atoms with Gasteiger partial charge in [0.25, 0.3) is 5.56 Å². The number of aromatic amines is 1. The molecule has 0 spiro atoms. The van der Waals surface area contributed by atoms with E-state index in [1.54, 1.807) is 0 Å². The molecule has 1 aromatic heterocycles. The van der Waals surface area contributed by atoms with Gasteiger partial charge in [-0.05, 0) is 0 Å². The number of aliphatic hydroxyl groups excluding tert-OH is 2. The highest BCUT2D eigenvalue weighted by Crippen LogP contribution is 2.39. The van der Waals surface area contributed by atoms with Crippen molar-refractivity contribution in [1.82, 2.24) is 9.55 Å². The number of H-pyrrole nitrogens is 1. The Morgan fingerprint density at radius 3 is 2.70 bits per heavy atom. The Morgan fingerprint density at radius 1 is 1.48 bits per heavy atom. The second-order valence-electron chi connectivity index (χ2n) is 5.06. The van der Waals surface area contributed by atoms with Crippen molar-refractivity contribution < 1.29 is 29.2 Å². The van der Waals surface area contributed by atoms with Crippen LogP contribution in [0.15, 0.2) is 21.9 Å². The van der Waals surface area contributed by atoms with E-state index in [2.05, 4.69) is 4.74 Å². The van der Waals surface area contributed by atoms with Gasteiger partial charge in [0.05, 0.1) is 20.1 Å². The first-order valence-electron chi connectivity index (χ1n) is 6.78. The molecule has 1 saturated heterocycles. The van der Waals surface area contributed by atoms with E-state index < -0.39 is 54.3 Å². The molecule has 1 aliphatic heterocycles. The Balaban J connectivity index is 2.63. The summed E-state index contributed by atoms with van der Waals surface area (Å²) in [7, 11) is 2.42. The normalized spacial score (nSPS) is 30.3. The lowest BCUT2D eigenvalue weighted by Crippen LogP contribution is -2.53. The molecule has 2 heterocycles. The minimum absolute atomic E-state index is 0.471. The van der Waals surface area contributed by atoms with Crippen LogP contribution in [0.5, 0.6) is 0 Å². The molecule has 3 N–H and O–H groups in total. The van der Waals surface area contributed by atoms with E-state index in [-0.39, 0.29) is 0 Å². The van der Waals surface area contributed by atoms with Crippen LogP contribution in [-0.4, -0.2) is 64.9 Å². The molecule has 4 atom stereocenters. The number of carbonyl (C=O) groups is 1. The number of esters is 1. The number of ether oxygens (including phenoxy) is 3. The van der Waals surface area contributed by atoms with Crippen LogP contribution in [0.2, 0.25) is 0 Å². The molecular formula is C13H18N2O8. The summed E-state index contributed by atoms with van der Waals surface area (Å²) in [6.07, 6.45) is -2.87. The SMILES string of the molecule is COC(=O)C[C@@]1(n2ccc(=O)[nH]c2=O)O[C@H](CO)[C@@H](O)[C@H]1OC. The molecule has 2 rings (SSSR count). The molecule has 0 aliphatic carbocycles. The van der Waals surface area contributed by atoms with Gasteiger partial charge >= 0.3 is 11.7 Å². The standard InChI is InChI=1S/C13H18N2O8/c1-21-9(18)5-13(15-4-3-8(17)14-12(15)20)11(22-2)10(19)7(6-16)23-13/h3-4,7,10-11,16,19H,5-6H2,1-2H3,(H,14,17,20)/t7-,10-,11-,13-/m1/s1. The minimum atomic E-state index is -1.77. The van der Waals surface area contributed by atoms with Crippen LogP contribution in [0.4, 0.5) is 0 Å². The summed E-state index contributed by atoms with van der Waals surface area (Å²) in [5.41, 5.74) is -3.25. The van der Waals surface area contributed by atoms with Gasteiger partial charge in [0, 0.05) is 19.4 Å². The zero-order valence-electron chi connectivity index (χ0n) is 12.6. The van der Waals surface area contributed by atoms with Crippen LogP contribution in [-0.2, 0) is 24.7 Å². The Bertz CT molecular complexity index is 683. The Labute approximate surface area is 130 Å². The van der Waals surface area contributed by atoms with E-state index >= 15 is 0 Å². The minimum Gasteiger partial charge on any atom is -0.469 e. The lowest BCUT2D eigenvalue weighted by Gasteiger charge is -2.34. The third kappa shape index (κ3) is 2.93. The summed E-state index contributed by atoms with van der Waals surface area (Å²) in [6.45, 7) is -0.554. The van der Waals surface area contributed by atoms with Crippen molar-refractivity contribution in [3.05, 3.63) is 33.1 Å². The second kappa shape index (κ2) is 6.62. The smallest absolute Gasteiger partial charge is 0.330 e. The molecular weight excluding hydrogens is 312 g/mol. The molecule has 10 heteroatoms. The summed E-state index contributed by atoms with van der Waals surface area (Å²) in [4.78, 5) is 37.2. The van der Waals surface area contributed by atoms with Gasteiger partial charge in [-0.1, -0.05) is 0 Å². The first-order chi connectivity index (χ1) is 10.9. The Hall–Kier alpha value is -2.01. The molecule has 0 amide bonds. The van der Waals surface area contributed by atoms with Gasteiger partial charge in [0.15, 0.2) is 5.72 Å². The van der Waals surface area contributed by atoms with Crippen LogP contribution in [0, 0.1) is 0 Å². The fraction of sp³-hybridized carbons (Fsp3) is 0.615. The topological polar surface area (TPSA) is 140 Å². The summed E-state index contributed by atoms with van der Waals surface area (Å²) in [6, 6.07) is 1.06. The highest BCUT2D eigenvalue weighted by molar-refractivity contribution is 5.70. The van der Waals surface area contributed by atoms with Crippen molar-refractivity contribution >= 4 is 5.97 Å². The molecule has 128 valence electrons. The average molecular weight is 330 g/mol. The molecule has 1 fully saturated rings. The van der Waals surface area contributed by atoms with Gasteiger partial charge in [-0.3, -0.25) is 19.1 Å². The lowest BCUT2D eigenvalue weighted by atomic mass is 9.98. The summed E-state index contributed by atoms with van der Waals surface area (Å²) < 4.78 is 16.4. The maximum atomic E-state index is 12.1. The third-order valence-corrected chi connectivity index (χ3v) is 3.78. The number of aromatic nitrogens is 2. The predicted octanol–water partition coefficient (Wildman–Crippen LogP) is -2.48. The lowest BCUT2D eigenvalue weighted by molar-refractivity contribution is -0.180. The monoisotopic (exact) mass is 330 g/mol. The number of hydrogen-bond donors (Lipinski definition) is 3. The Kier molecular flexibility index (Phi) is 5.00. The number of aliphatic hydroxyl groups is 2. The fourth-order valence-electron chi connectivity index (χ4n) is 2.75. The van der Waals surface area contributed by atoms with Crippen molar-refractivity contribution in [2.24, 2.45) is 0 Å². The van der Waals surface area contributed by atoms with Crippen LogP contribution in [0.1, 0.15) is 6.42 Å². The number of carbonyl (C=O) groups excluding carboxylic acids is 1. The zero-order valence-corrected chi connectivity index (χ0v) is 12.6. The van der Waals surface area contributed by atoms with Gasteiger partial charge in [-0.25, -0.2) is 4.79 Å². The number of methoxy groups -OCH3 is 2. The summed E-state index contributed by atoms with van der Waals surface area (Å²) in [5, 5.41) is 19.6. The first kappa shape index (κ1) is 17.3. The van der Waals surface area contributed by atoms with Crippen LogP contribution in [0.3, 0.4) is 0 Å². The maximum Gasteiger partial charge on any atom is 0.330 e. The number of rotatable bonds is 5. The largest absolute Gasteiger partial charge is 0.469 e. The number of nitrogens with one attached hydrogen (secondary N) is 1. The van der Waals surface area contributed by atoms with Gasteiger partial charge in [0.1, 0.15) is 18.3 Å². The number of nitrogens with zero attached hydrogens (tertiary/aromatic N) is 1. The summed E-state index contributed by atoms with van der Waals surface area (Å²) in [5.74, 6) is -0.726. The van der Waals surface area contributed by atoms with Crippen molar-refractivity contribution in [2.45, 2.75) is 30.5 Å². The first-order valence-corrected chi connectivity index (χ1v) is 6.78. The van der Waals surface area contributed by atoms with Gasteiger partial charge in [-0.15, -0.1) is 0 Å². The third-order valence-electron chi connectivity index (χ3n) is 3.78. The zero-order chi connectivity index (χ0) is 17.2. The van der Waals surface area contributed by atoms with Gasteiger partial charge in [0.2, 0.25) is 0 Å². The number of hydrogen-bond acceptors (Lipinski definition) is 8. The van der Waals surface area contributed by atoms with E-state index in [0.717, 1.165) is 23.9 Å². The molecule has 1 aromatic rings. The predicted molar refractivity (Wildman–Crippen MR) is 74.7 cm³/mol. The van der Waals surface area contributed by atoms with Gasteiger partial charge in [-0.2, -0.15) is 0 Å². The van der Waals surface area contributed by atoms with Gasteiger partial charge < -0.3 is 24.4 Å². The molecule has 0 unspecified atom stereocenters. The molecule has 23 heavy (non-hydrogen) atoms. The summed E-state index contributed by atoms with van der Waals surface area (Å²) >= 11 is 0. The fourth-order valence-corrected chi connectivity index (χ4v) is 2.75. The average Bonchev–Trinajstić information content (AvgIpc) is 2.79. The Morgan fingerprint density at radius 2 is 2.17 bits per heavy atom. The van der Waals surface area contributed by atoms with E-state index in [0.29, 0.717) is 0 Å². The van der Waals surface area contributed by atoms with E-state index in [4.69, 9.17) is 9.47 Å². The molecule has 1 aliphatic rings. The quantitative estimate of drug-likeness (QED) is 0.504. The molecule has 10 nitrogen and oxygen atoms in total. The van der Waals surface area contributed by atoms with E-state index in [1.165, 1.54) is 7.11 Å². The van der Waals surface area contributed by atoms with Crippen molar-refractivity contribution in [2.75, 3.05) is 20.8 Å². The van der Waals surface area contributed by atoms with Crippen LogP contribution in [0.25, 0.3) is 0 Å². The molecule has 0 bridgehead atoms.